The zero-order chi connectivity index (χ0) is 16.3. The van der Waals surface area contributed by atoms with E-state index in [1.165, 1.54) is 0 Å². The molecule has 126 valence electrons. The summed E-state index contributed by atoms with van der Waals surface area (Å²) in [5, 5.41) is 0. The predicted molar refractivity (Wildman–Crippen MR) is 83.8 cm³/mol. The van der Waals surface area contributed by atoms with Gasteiger partial charge in [0.05, 0.1) is 13.7 Å². The van der Waals surface area contributed by atoms with E-state index in [1.807, 2.05) is 0 Å². The van der Waals surface area contributed by atoms with Crippen molar-refractivity contribution in [3.05, 3.63) is 24.3 Å². The van der Waals surface area contributed by atoms with E-state index in [2.05, 4.69) is 0 Å². The third-order valence-electron chi connectivity index (χ3n) is 4.62. The molecular formula is C17H23NO5. The van der Waals surface area contributed by atoms with Crippen LogP contribution < -0.4 is 9.47 Å². The number of methoxy groups -OCH3 is 2. The summed E-state index contributed by atoms with van der Waals surface area (Å²) in [5.74, 6) is 1.36. The molecule has 0 aromatic heterocycles. The Labute approximate surface area is 136 Å². The monoisotopic (exact) mass is 321 g/mol. The van der Waals surface area contributed by atoms with Crippen molar-refractivity contribution in [2.24, 2.45) is 0 Å². The first kappa shape index (κ1) is 16.1. The van der Waals surface area contributed by atoms with Crippen LogP contribution >= 0.6 is 0 Å². The van der Waals surface area contributed by atoms with Gasteiger partial charge in [-0.1, -0.05) is 0 Å². The first-order chi connectivity index (χ1) is 11.2. The maximum Gasteiger partial charge on any atom is 0.260 e. The number of hydrogen-bond acceptors (Lipinski definition) is 5. The Kier molecular flexibility index (Phi) is 4.73. The fourth-order valence-corrected chi connectivity index (χ4v) is 3.34. The minimum atomic E-state index is -0.329. The van der Waals surface area contributed by atoms with E-state index in [0.29, 0.717) is 18.8 Å². The number of ether oxygens (including phenoxy) is 4. The van der Waals surface area contributed by atoms with E-state index in [4.69, 9.17) is 18.9 Å². The Balaban J connectivity index is 1.56. The Morgan fingerprint density at radius 3 is 2.65 bits per heavy atom. The lowest BCUT2D eigenvalue weighted by molar-refractivity contribution is -0.133. The molecule has 3 rings (SSSR count). The molecule has 0 N–H and O–H groups in total. The van der Waals surface area contributed by atoms with Crippen molar-refractivity contribution < 1.29 is 23.7 Å². The topological polar surface area (TPSA) is 57.2 Å². The van der Waals surface area contributed by atoms with E-state index < -0.39 is 0 Å². The van der Waals surface area contributed by atoms with Crippen LogP contribution in [0.2, 0.25) is 0 Å². The van der Waals surface area contributed by atoms with Gasteiger partial charge in [0.2, 0.25) is 0 Å². The van der Waals surface area contributed by atoms with Crippen molar-refractivity contribution in [2.45, 2.75) is 24.5 Å². The van der Waals surface area contributed by atoms with Crippen molar-refractivity contribution >= 4 is 5.91 Å². The van der Waals surface area contributed by atoms with Crippen LogP contribution in [0, 0.1) is 0 Å². The molecular weight excluding hydrogens is 298 g/mol. The van der Waals surface area contributed by atoms with Crippen molar-refractivity contribution in [1.29, 1.82) is 0 Å². The van der Waals surface area contributed by atoms with Gasteiger partial charge >= 0.3 is 0 Å². The summed E-state index contributed by atoms with van der Waals surface area (Å²) in [5.41, 5.74) is -0.329. The summed E-state index contributed by atoms with van der Waals surface area (Å²) in [7, 11) is 3.29. The average Bonchev–Trinajstić information content (AvgIpc) is 3.21. The van der Waals surface area contributed by atoms with E-state index in [9.17, 15) is 4.79 Å². The molecule has 2 saturated heterocycles. The maximum absolute atomic E-state index is 12.4. The van der Waals surface area contributed by atoms with Gasteiger partial charge in [0.25, 0.3) is 5.91 Å². The highest BCUT2D eigenvalue weighted by atomic mass is 16.6. The molecule has 1 aromatic carbocycles. The Bertz CT molecular complexity index is 538. The molecule has 0 unspecified atom stereocenters. The van der Waals surface area contributed by atoms with Crippen LogP contribution in [0.3, 0.4) is 0 Å². The van der Waals surface area contributed by atoms with Gasteiger partial charge < -0.3 is 23.8 Å². The quantitative estimate of drug-likeness (QED) is 0.822. The molecule has 1 amide bonds. The minimum Gasteiger partial charge on any atom is -0.497 e. The van der Waals surface area contributed by atoms with Crippen LogP contribution in [0.4, 0.5) is 0 Å². The third-order valence-corrected chi connectivity index (χ3v) is 4.62. The second-order valence-electron chi connectivity index (χ2n) is 5.98. The van der Waals surface area contributed by atoms with Gasteiger partial charge in [0.15, 0.2) is 6.61 Å². The fraction of sp³-hybridized carbons (Fsp3) is 0.588. The lowest BCUT2D eigenvalue weighted by Gasteiger charge is -2.27. The fourth-order valence-electron chi connectivity index (χ4n) is 3.34. The lowest BCUT2D eigenvalue weighted by atomic mass is 9.97. The Morgan fingerprint density at radius 1 is 1.30 bits per heavy atom. The normalized spacial score (nSPS) is 26.7. The van der Waals surface area contributed by atoms with Crippen LogP contribution in [0.15, 0.2) is 24.3 Å². The summed E-state index contributed by atoms with van der Waals surface area (Å²) < 4.78 is 22.1. The van der Waals surface area contributed by atoms with Crippen LogP contribution in [0.1, 0.15) is 12.8 Å². The number of carbonyl (C=O) groups is 1. The molecule has 2 aliphatic rings. The van der Waals surface area contributed by atoms with Crippen LogP contribution in [0.5, 0.6) is 11.5 Å². The third kappa shape index (κ3) is 3.28. The van der Waals surface area contributed by atoms with Crippen molar-refractivity contribution in [1.82, 2.24) is 4.90 Å². The molecule has 2 atom stereocenters. The second kappa shape index (κ2) is 6.76. The van der Waals surface area contributed by atoms with Crippen molar-refractivity contribution in [3.8, 4) is 11.5 Å². The minimum absolute atomic E-state index is 0.0127. The van der Waals surface area contributed by atoms with Crippen LogP contribution in [-0.4, -0.2) is 63.0 Å². The molecule has 2 heterocycles. The van der Waals surface area contributed by atoms with E-state index >= 15 is 0 Å². The van der Waals surface area contributed by atoms with Crippen molar-refractivity contribution in [3.63, 3.8) is 0 Å². The van der Waals surface area contributed by atoms with Gasteiger partial charge in [-0.25, -0.2) is 0 Å². The standard InChI is InChI=1S/C17H23NO5/c1-20-13-4-6-14(7-5-13)22-11-16(19)18-10-15(21-2)17(12-18)8-3-9-23-17/h4-7,15H,3,8-12H2,1-2H3/t15-,17-/m0/s1. The number of hydrogen-bond donors (Lipinski definition) is 0. The molecule has 6 nitrogen and oxygen atoms in total. The first-order valence-electron chi connectivity index (χ1n) is 7.88. The summed E-state index contributed by atoms with van der Waals surface area (Å²) in [6, 6.07) is 7.18. The van der Waals surface area contributed by atoms with Gasteiger partial charge in [0.1, 0.15) is 23.2 Å². The zero-order valence-corrected chi connectivity index (χ0v) is 13.6. The first-order valence-corrected chi connectivity index (χ1v) is 7.88. The highest BCUT2D eigenvalue weighted by Crippen LogP contribution is 2.36. The largest absolute Gasteiger partial charge is 0.497 e. The molecule has 6 heteroatoms. The smallest absolute Gasteiger partial charge is 0.260 e. The molecule has 1 spiro atoms. The highest BCUT2D eigenvalue weighted by molar-refractivity contribution is 5.78. The summed E-state index contributed by atoms with van der Waals surface area (Å²) in [6.07, 6.45) is 1.90. The van der Waals surface area contributed by atoms with Gasteiger partial charge in [-0.15, -0.1) is 0 Å². The number of rotatable bonds is 5. The predicted octanol–water partition coefficient (Wildman–Crippen LogP) is 1.48. The van der Waals surface area contributed by atoms with E-state index in [0.717, 1.165) is 25.2 Å². The number of likely N-dealkylation sites (tertiary alicyclic amines) is 1. The van der Waals surface area contributed by atoms with Gasteiger partial charge in [0, 0.05) is 20.3 Å². The van der Waals surface area contributed by atoms with Gasteiger partial charge in [-0.2, -0.15) is 0 Å². The van der Waals surface area contributed by atoms with Crippen LogP contribution in [0.25, 0.3) is 0 Å². The van der Waals surface area contributed by atoms with Gasteiger partial charge in [-0.05, 0) is 37.1 Å². The molecule has 2 fully saturated rings. The summed E-state index contributed by atoms with van der Waals surface area (Å²) in [4.78, 5) is 14.2. The number of amides is 1. The SMILES string of the molecule is COc1ccc(OCC(=O)N2C[C@H](OC)[C@]3(CCCO3)C2)cc1. The second-order valence-corrected chi connectivity index (χ2v) is 5.98. The zero-order valence-electron chi connectivity index (χ0n) is 13.6. The molecule has 0 bridgehead atoms. The summed E-state index contributed by atoms with van der Waals surface area (Å²) in [6.45, 7) is 1.89. The van der Waals surface area contributed by atoms with E-state index in [-0.39, 0.29) is 24.2 Å². The Hall–Kier alpha value is -1.79. The molecule has 0 saturated carbocycles. The Morgan fingerprint density at radius 2 is 2.04 bits per heavy atom. The molecule has 0 radical (unpaired) electrons. The maximum atomic E-state index is 12.4. The molecule has 1 aromatic rings. The van der Waals surface area contributed by atoms with Crippen molar-refractivity contribution in [2.75, 3.05) is 40.5 Å². The molecule has 2 aliphatic heterocycles. The molecule has 23 heavy (non-hydrogen) atoms. The van der Waals surface area contributed by atoms with Gasteiger partial charge in [-0.3, -0.25) is 4.79 Å². The number of nitrogens with zero attached hydrogens (tertiary/aromatic N) is 1. The van der Waals surface area contributed by atoms with E-state index in [1.54, 1.807) is 43.4 Å². The number of carbonyl (C=O) groups excluding carboxylic acids is 1. The average molecular weight is 321 g/mol. The van der Waals surface area contributed by atoms with Crippen LogP contribution in [-0.2, 0) is 14.3 Å². The highest BCUT2D eigenvalue weighted by Gasteiger charge is 2.51. The lowest BCUT2D eigenvalue weighted by Crippen LogP contribution is -2.42. The molecule has 0 aliphatic carbocycles. The summed E-state index contributed by atoms with van der Waals surface area (Å²) >= 11 is 0. The number of benzene rings is 1.